The van der Waals surface area contributed by atoms with Gasteiger partial charge >= 0.3 is 0 Å². The van der Waals surface area contributed by atoms with Gasteiger partial charge in [-0.25, -0.2) is 0 Å². The molecule has 2 aromatic rings. The Morgan fingerprint density at radius 3 is 2.40 bits per heavy atom. The van der Waals surface area contributed by atoms with Crippen LogP contribution in [0, 0.1) is 20.8 Å². The molecule has 76 valence electrons. The van der Waals surface area contributed by atoms with Crippen molar-refractivity contribution in [2.75, 3.05) is 0 Å². The molecule has 0 unspecified atom stereocenters. The van der Waals surface area contributed by atoms with Gasteiger partial charge in [0.2, 0.25) is 0 Å². The van der Waals surface area contributed by atoms with Gasteiger partial charge in [-0.05, 0) is 32.4 Å². The molecule has 2 rings (SSSR count). The maximum Gasteiger partial charge on any atom is 0.0454 e. The van der Waals surface area contributed by atoms with Crippen LogP contribution in [0.25, 0.3) is 11.1 Å². The minimum Gasteiger partial charge on any atom is -0.258 e. The van der Waals surface area contributed by atoms with E-state index in [2.05, 4.69) is 55.2 Å². The molecule has 0 amide bonds. The summed E-state index contributed by atoms with van der Waals surface area (Å²) in [7, 11) is 0. The molecule has 1 heterocycles. The van der Waals surface area contributed by atoms with Crippen molar-refractivity contribution in [1.29, 1.82) is 0 Å². The summed E-state index contributed by atoms with van der Waals surface area (Å²) in [5.41, 5.74) is 5.93. The maximum absolute atomic E-state index is 4.48. The predicted octanol–water partition coefficient (Wildman–Crippen LogP) is 3.67. The lowest BCUT2D eigenvalue weighted by atomic mass is 10.0. The fraction of sp³-hybridized carbons (Fsp3) is 0.214. The first-order valence-corrected chi connectivity index (χ1v) is 5.18. The molecule has 0 aliphatic heterocycles. The van der Waals surface area contributed by atoms with Gasteiger partial charge in [0.15, 0.2) is 0 Å². The van der Waals surface area contributed by atoms with Gasteiger partial charge < -0.3 is 0 Å². The number of benzene rings is 1. The van der Waals surface area contributed by atoms with Gasteiger partial charge in [-0.2, -0.15) is 0 Å². The van der Waals surface area contributed by atoms with Crippen LogP contribution in [0.5, 0.6) is 0 Å². The summed E-state index contributed by atoms with van der Waals surface area (Å²) in [5, 5.41) is 0. The fourth-order valence-corrected chi connectivity index (χ4v) is 1.80. The molecular formula is C14H15N. The Morgan fingerprint density at radius 1 is 0.933 bits per heavy atom. The van der Waals surface area contributed by atoms with Gasteiger partial charge in [0.25, 0.3) is 0 Å². The summed E-state index contributed by atoms with van der Waals surface area (Å²) in [6.45, 7) is 6.19. The van der Waals surface area contributed by atoms with Crippen LogP contribution in [0.3, 0.4) is 0 Å². The molecule has 0 N–H and O–H groups in total. The second kappa shape index (κ2) is 3.85. The third kappa shape index (κ3) is 2.07. The average molecular weight is 197 g/mol. The van der Waals surface area contributed by atoms with Crippen molar-refractivity contribution >= 4 is 0 Å². The van der Waals surface area contributed by atoms with Crippen molar-refractivity contribution < 1.29 is 0 Å². The molecule has 1 aromatic carbocycles. The lowest BCUT2D eigenvalue weighted by molar-refractivity contribution is 1.12. The van der Waals surface area contributed by atoms with Gasteiger partial charge in [0.1, 0.15) is 0 Å². The van der Waals surface area contributed by atoms with E-state index in [0.29, 0.717) is 0 Å². The molecule has 0 aliphatic carbocycles. The average Bonchev–Trinajstić information content (AvgIpc) is 2.17. The highest BCUT2D eigenvalue weighted by molar-refractivity contribution is 5.66. The zero-order valence-corrected chi connectivity index (χ0v) is 9.41. The van der Waals surface area contributed by atoms with E-state index in [0.717, 1.165) is 11.4 Å². The Hall–Kier alpha value is -1.63. The van der Waals surface area contributed by atoms with Gasteiger partial charge in [-0.1, -0.05) is 35.9 Å². The van der Waals surface area contributed by atoms with Crippen LogP contribution in [0.1, 0.15) is 17.0 Å². The van der Waals surface area contributed by atoms with Crippen LogP contribution < -0.4 is 0 Å². The molecule has 0 saturated heterocycles. The Kier molecular flexibility index (Phi) is 2.55. The third-order valence-corrected chi connectivity index (χ3v) is 2.55. The van der Waals surface area contributed by atoms with Crippen LogP contribution in [0.2, 0.25) is 0 Å². The van der Waals surface area contributed by atoms with Gasteiger partial charge in [0, 0.05) is 17.0 Å². The fourth-order valence-electron chi connectivity index (χ4n) is 1.80. The second-order valence-corrected chi connectivity index (χ2v) is 3.96. The maximum atomic E-state index is 4.48. The number of aromatic nitrogens is 1. The first kappa shape index (κ1) is 9.91. The largest absolute Gasteiger partial charge is 0.258 e. The highest BCUT2D eigenvalue weighted by Gasteiger charge is 2.02. The predicted molar refractivity (Wildman–Crippen MR) is 63.9 cm³/mol. The SMILES string of the molecule is Cc1cccc(-c2ccc(C)nc2C)c1. The monoisotopic (exact) mass is 197 g/mol. The van der Waals surface area contributed by atoms with Crippen molar-refractivity contribution in [3.8, 4) is 11.1 Å². The Balaban J connectivity index is 2.54. The number of aryl methyl sites for hydroxylation is 3. The van der Waals surface area contributed by atoms with Crippen molar-refractivity contribution in [2.24, 2.45) is 0 Å². The summed E-state index contributed by atoms with van der Waals surface area (Å²) in [4.78, 5) is 4.48. The third-order valence-electron chi connectivity index (χ3n) is 2.55. The Bertz CT molecular complexity index is 486. The number of rotatable bonds is 1. The standard InChI is InChI=1S/C14H15N/c1-10-5-4-6-13(9-10)14-8-7-11(2)15-12(14)3/h4-9H,1-3H3. The first-order valence-electron chi connectivity index (χ1n) is 5.18. The van der Waals surface area contributed by atoms with Crippen LogP contribution >= 0.6 is 0 Å². The summed E-state index contributed by atoms with van der Waals surface area (Å²) in [6.07, 6.45) is 0. The van der Waals surface area contributed by atoms with E-state index in [9.17, 15) is 0 Å². The Labute approximate surface area is 90.8 Å². The molecule has 1 heteroatoms. The Morgan fingerprint density at radius 2 is 1.73 bits per heavy atom. The van der Waals surface area contributed by atoms with Crippen molar-refractivity contribution in [3.05, 3.63) is 53.3 Å². The van der Waals surface area contributed by atoms with Crippen molar-refractivity contribution in [3.63, 3.8) is 0 Å². The molecule has 15 heavy (non-hydrogen) atoms. The quantitative estimate of drug-likeness (QED) is 0.679. The first-order chi connectivity index (χ1) is 7.16. The van der Waals surface area contributed by atoms with E-state index in [-0.39, 0.29) is 0 Å². The van der Waals surface area contributed by atoms with Crippen LogP contribution in [0.4, 0.5) is 0 Å². The molecular weight excluding hydrogens is 182 g/mol. The molecule has 0 atom stereocenters. The lowest BCUT2D eigenvalue weighted by Crippen LogP contribution is -1.90. The minimum atomic E-state index is 1.07. The second-order valence-electron chi connectivity index (χ2n) is 3.96. The summed E-state index contributed by atoms with van der Waals surface area (Å²) >= 11 is 0. The van der Waals surface area contributed by atoms with Crippen LogP contribution in [-0.2, 0) is 0 Å². The molecule has 0 saturated carbocycles. The number of nitrogens with zero attached hydrogens (tertiary/aromatic N) is 1. The van der Waals surface area contributed by atoms with Gasteiger partial charge in [-0.3, -0.25) is 4.98 Å². The van der Waals surface area contributed by atoms with Crippen molar-refractivity contribution in [2.45, 2.75) is 20.8 Å². The van der Waals surface area contributed by atoms with E-state index in [1.54, 1.807) is 0 Å². The highest BCUT2D eigenvalue weighted by Crippen LogP contribution is 2.22. The number of hydrogen-bond acceptors (Lipinski definition) is 1. The van der Waals surface area contributed by atoms with E-state index < -0.39 is 0 Å². The molecule has 1 nitrogen and oxygen atoms in total. The summed E-state index contributed by atoms with van der Waals surface area (Å²) in [5.74, 6) is 0. The van der Waals surface area contributed by atoms with Crippen LogP contribution in [-0.4, -0.2) is 4.98 Å². The zero-order valence-electron chi connectivity index (χ0n) is 9.41. The molecule has 0 spiro atoms. The van der Waals surface area contributed by atoms with E-state index >= 15 is 0 Å². The van der Waals surface area contributed by atoms with Crippen molar-refractivity contribution in [1.82, 2.24) is 4.98 Å². The van der Waals surface area contributed by atoms with Crippen LogP contribution in [0.15, 0.2) is 36.4 Å². The summed E-state index contributed by atoms with van der Waals surface area (Å²) in [6, 6.07) is 12.7. The minimum absolute atomic E-state index is 1.07. The van der Waals surface area contributed by atoms with Gasteiger partial charge in [-0.15, -0.1) is 0 Å². The zero-order chi connectivity index (χ0) is 10.8. The molecule has 0 bridgehead atoms. The smallest absolute Gasteiger partial charge is 0.0454 e. The normalized spacial score (nSPS) is 10.3. The van der Waals surface area contributed by atoms with E-state index in [4.69, 9.17) is 0 Å². The van der Waals surface area contributed by atoms with E-state index in [1.165, 1.54) is 16.7 Å². The molecule has 1 aromatic heterocycles. The number of hydrogen-bond donors (Lipinski definition) is 0. The topological polar surface area (TPSA) is 12.9 Å². The van der Waals surface area contributed by atoms with Gasteiger partial charge in [0.05, 0.1) is 0 Å². The highest BCUT2D eigenvalue weighted by atomic mass is 14.7. The number of pyridine rings is 1. The van der Waals surface area contributed by atoms with E-state index in [1.807, 2.05) is 6.92 Å². The molecule has 0 fully saturated rings. The summed E-state index contributed by atoms with van der Waals surface area (Å²) < 4.78 is 0. The lowest BCUT2D eigenvalue weighted by Gasteiger charge is -2.06. The molecule has 0 aliphatic rings. The molecule has 0 radical (unpaired) electrons.